The van der Waals surface area contributed by atoms with Gasteiger partial charge >= 0.3 is 11.9 Å². The summed E-state index contributed by atoms with van der Waals surface area (Å²) in [6.45, 7) is 0.786. The van der Waals surface area contributed by atoms with E-state index in [1.54, 1.807) is 19.6 Å². The van der Waals surface area contributed by atoms with E-state index in [0.717, 1.165) is 12.8 Å². The number of piperidine rings is 2. The molecule has 0 bridgehead atoms. The van der Waals surface area contributed by atoms with Crippen molar-refractivity contribution in [2.45, 2.75) is 88.9 Å². The molecule has 3 aliphatic rings. The molecule has 3 fully saturated rings. The van der Waals surface area contributed by atoms with Gasteiger partial charge in [-0.05, 0) is 44.9 Å². The zero-order valence-electron chi connectivity index (χ0n) is 29.1. The first-order chi connectivity index (χ1) is 23.9. The summed E-state index contributed by atoms with van der Waals surface area (Å²) in [6, 6.07) is -2.08. The van der Waals surface area contributed by atoms with Gasteiger partial charge in [-0.2, -0.15) is 0 Å². The Kier molecular flexibility index (Phi) is 16.8. The zero-order valence-corrected chi connectivity index (χ0v) is 29.1. The van der Waals surface area contributed by atoms with E-state index in [9.17, 15) is 54.3 Å². The lowest BCUT2D eigenvalue weighted by Gasteiger charge is -2.45. The van der Waals surface area contributed by atoms with Crippen LogP contribution in [0.3, 0.4) is 0 Å². The second-order valence-electron chi connectivity index (χ2n) is 13.7. The van der Waals surface area contributed by atoms with Gasteiger partial charge in [-0.1, -0.05) is 19.8 Å². The number of rotatable bonds is 18. The number of aliphatic carboxylic acids is 2. The summed E-state index contributed by atoms with van der Waals surface area (Å²) in [5.41, 5.74) is 0. The molecule has 2 aliphatic heterocycles. The van der Waals surface area contributed by atoms with E-state index in [0.29, 0.717) is 58.0 Å². The van der Waals surface area contributed by atoms with E-state index in [4.69, 9.17) is 0 Å². The first-order valence-corrected chi connectivity index (χ1v) is 17.8. The average Bonchev–Trinajstić information content (AvgIpc) is 3.11. The molecule has 2 heterocycles. The number of carbonyl (C=O) groups excluding carboxylic acids is 4. The van der Waals surface area contributed by atoms with Crippen molar-refractivity contribution < 1.29 is 54.3 Å². The van der Waals surface area contributed by atoms with Crippen molar-refractivity contribution >= 4 is 35.6 Å². The van der Waals surface area contributed by atoms with Crippen molar-refractivity contribution in [2.75, 3.05) is 72.2 Å². The highest BCUT2D eigenvalue weighted by Gasteiger charge is 2.39. The number of carboxylic acid groups (broad SMARTS) is 2. The van der Waals surface area contributed by atoms with Crippen molar-refractivity contribution in [2.24, 2.45) is 11.8 Å². The minimum atomic E-state index is -1.14. The van der Waals surface area contributed by atoms with Gasteiger partial charge in [0.1, 0.15) is 0 Å². The molecule has 0 spiro atoms. The minimum absolute atomic E-state index is 0.155. The Hall–Kier alpha value is -3.38. The predicted molar refractivity (Wildman–Crippen MR) is 178 cm³/mol. The highest BCUT2D eigenvalue weighted by Crippen LogP contribution is 2.29. The first-order valence-electron chi connectivity index (χ1n) is 17.8. The molecule has 17 nitrogen and oxygen atoms in total. The monoisotopic (exact) mass is 712 g/mol. The molecule has 4 amide bonds. The summed E-state index contributed by atoms with van der Waals surface area (Å²) in [5, 5.41) is 53.0. The van der Waals surface area contributed by atoms with Gasteiger partial charge in [-0.25, -0.2) is 0 Å². The van der Waals surface area contributed by atoms with Crippen LogP contribution in [0.1, 0.15) is 64.7 Å². The molecule has 284 valence electrons. The minimum Gasteiger partial charge on any atom is -0.480 e. The van der Waals surface area contributed by atoms with Gasteiger partial charge < -0.3 is 46.0 Å². The molecular weight excluding hydrogens is 656 g/mol. The highest BCUT2D eigenvalue weighted by molar-refractivity contribution is 5.82. The molecule has 3 rings (SSSR count). The van der Waals surface area contributed by atoms with Gasteiger partial charge in [0, 0.05) is 50.1 Å². The van der Waals surface area contributed by atoms with Crippen LogP contribution in [0.4, 0.5) is 0 Å². The van der Waals surface area contributed by atoms with Crippen LogP contribution >= 0.6 is 0 Å². The molecule has 3 atom stereocenters. The van der Waals surface area contributed by atoms with Crippen molar-refractivity contribution in [3.8, 4) is 0 Å². The van der Waals surface area contributed by atoms with Crippen LogP contribution in [0.25, 0.3) is 0 Å². The van der Waals surface area contributed by atoms with Crippen molar-refractivity contribution in [1.29, 1.82) is 0 Å². The summed E-state index contributed by atoms with van der Waals surface area (Å²) < 4.78 is 0. The van der Waals surface area contributed by atoms with Crippen LogP contribution in [0.5, 0.6) is 0 Å². The largest absolute Gasteiger partial charge is 0.480 e. The maximum atomic E-state index is 13.5. The summed E-state index contributed by atoms with van der Waals surface area (Å²) in [7, 11) is 0. The first kappa shape index (κ1) is 41.0. The summed E-state index contributed by atoms with van der Waals surface area (Å²) in [4.78, 5) is 82.6. The second kappa shape index (κ2) is 20.5. The number of aliphatic hydroxyl groups excluding tert-OH is 3. The second-order valence-corrected chi connectivity index (χ2v) is 13.7. The Bertz CT molecular complexity index is 1060. The summed E-state index contributed by atoms with van der Waals surface area (Å²) >= 11 is 0. The van der Waals surface area contributed by atoms with Crippen LogP contribution in [0.2, 0.25) is 0 Å². The van der Waals surface area contributed by atoms with Gasteiger partial charge in [-0.3, -0.25) is 38.6 Å². The van der Waals surface area contributed by atoms with Crippen LogP contribution in [0, 0.1) is 11.8 Å². The third-order valence-electron chi connectivity index (χ3n) is 10.3. The third-order valence-corrected chi connectivity index (χ3v) is 10.3. The van der Waals surface area contributed by atoms with Gasteiger partial charge in [0.05, 0.1) is 58.1 Å². The molecule has 17 heteroatoms. The Balaban J connectivity index is 1.65. The maximum Gasteiger partial charge on any atom is 0.317 e. The summed E-state index contributed by atoms with van der Waals surface area (Å²) in [6.07, 6.45) is 4.73. The number of aliphatic hydroxyl groups is 3. The number of nitrogens with zero attached hydrogens (tertiary/aromatic N) is 4. The fraction of sp³-hybridized carbons (Fsp3) is 0.818. The molecule has 0 aromatic heterocycles. The molecule has 0 radical (unpaired) electrons. The lowest BCUT2D eigenvalue weighted by molar-refractivity contribution is -0.147. The average molecular weight is 713 g/mol. The van der Waals surface area contributed by atoms with Gasteiger partial charge in [0.25, 0.3) is 0 Å². The fourth-order valence-corrected chi connectivity index (χ4v) is 7.27. The van der Waals surface area contributed by atoms with Crippen molar-refractivity contribution in [1.82, 2.24) is 30.2 Å². The van der Waals surface area contributed by atoms with Gasteiger partial charge in [0.2, 0.25) is 23.6 Å². The van der Waals surface area contributed by atoms with Gasteiger partial charge in [-0.15, -0.1) is 0 Å². The van der Waals surface area contributed by atoms with Crippen molar-refractivity contribution in [3.63, 3.8) is 0 Å². The molecule has 2 saturated heterocycles. The van der Waals surface area contributed by atoms with Gasteiger partial charge in [0.15, 0.2) is 0 Å². The molecule has 0 aromatic rings. The van der Waals surface area contributed by atoms with E-state index in [-0.39, 0.29) is 68.4 Å². The number of likely N-dealkylation sites (tertiary alicyclic amines) is 2. The van der Waals surface area contributed by atoms with E-state index < -0.39 is 62.3 Å². The topological polar surface area (TPSA) is 241 Å². The lowest BCUT2D eigenvalue weighted by atomic mass is 9.87. The number of amides is 4. The third kappa shape index (κ3) is 12.1. The van der Waals surface area contributed by atoms with Crippen LogP contribution in [0.15, 0.2) is 0 Å². The predicted octanol–water partition coefficient (Wildman–Crippen LogP) is -2.10. The molecule has 7 N–H and O–H groups in total. The van der Waals surface area contributed by atoms with E-state index in [1.807, 2.05) is 6.92 Å². The SMILES string of the molecule is CCC(CO)NC(=O)C1CCN(C(=O)CN(CC(=O)O)C2CCCCC2N(CC(=O)O)CC(=O)N2CCC(C(=O)NC(CO)CO)CC2)CC1. The summed E-state index contributed by atoms with van der Waals surface area (Å²) in [5.74, 6) is -4.04. The number of carboxylic acids is 2. The Labute approximate surface area is 292 Å². The quantitative estimate of drug-likeness (QED) is 0.0808. The molecule has 3 unspecified atom stereocenters. The van der Waals surface area contributed by atoms with Crippen LogP contribution in [-0.4, -0.2) is 177 Å². The standard InChI is InChI=1S/C33H56N6O11/c1-2-24(19-40)34-32(49)22-7-11-36(12-8-22)28(43)15-38(17-30(45)46)26-5-3-4-6-27(26)39(18-31(47)48)16-29(44)37-13-9-23(10-14-37)33(50)35-25(20-41)21-42/h22-27,40-42H,2-21H2,1H3,(H,34,49)(H,35,50)(H,45,46)(H,47,48). The molecule has 50 heavy (non-hydrogen) atoms. The number of hydrogen-bond acceptors (Lipinski definition) is 11. The molecule has 1 saturated carbocycles. The fourth-order valence-electron chi connectivity index (χ4n) is 7.27. The number of hydrogen-bond donors (Lipinski definition) is 7. The smallest absolute Gasteiger partial charge is 0.317 e. The Morgan fingerprint density at radius 3 is 1.28 bits per heavy atom. The van der Waals surface area contributed by atoms with E-state index >= 15 is 0 Å². The number of nitrogens with one attached hydrogen (secondary N) is 2. The van der Waals surface area contributed by atoms with Crippen LogP contribution in [-0.2, 0) is 28.8 Å². The van der Waals surface area contributed by atoms with E-state index in [1.165, 1.54) is 0 Å². The van der Waals surface area contributed by atoms with Crippen LogP contribution < -0.4 is 10.6 Å². The normalized spacial score (nSPS) is 21.3. The van der Waals surface area contributed by atoms with E-state index in [2.05, 4.69) is 10.6 Å². The number of carbonyl (C=O) groups is 6. The zero-order chi connectivity index (χ0) is 36.8. The molecule has 1 aliphatic carbocycles. The Morgan fingerprint density at radius 2 is 0.960 bits per heavy atom. The highest BCUT2D eigenvalue weighted by atomic mass is 16.4. The maximum absolute atomic E-state index is 13.5. The molecule has 0 aromatic carbocycles. The van der Waals surface area contributed by atoms with Crippen molar-refractivity contribution in [3.05, 3.63) is 0 Å². The molecular formula is C33H56N6O11. The lowest BCUT2D eigenvalue weighted by Crippen LogP contribution is -2.59. The Morgan fingerprint density at radius 1 is 0.600 bits per heavy atom.